The Hall–Kier alpha value is -2.14. The molecule has 2 aromatic rings. The molecular weight excluding hydrogens is 290 g/mol. The van der Waals surface area contributed by atoms with Crippen molar-refractivity contribution in [3.63, 3.8) is 0 Å². The molecule has 0 aliphatic carbocycles. The van der Waals surface area contributed by atoms with Crippen molar-refractivity contribution in [3.05, 3.63) is 42.4 Å². The minimum absolute atomic E-state index is 0.134. The Morgan fingerprint density at radius 2 is 1.96 bits per heavy atom. The highest BCUT2D eigenvalue weighted by atomic mass is 16.3. The van der Waals surface area contributed by atoms with Crippen molar-refractivity contribution in [1.82, 2.24) is 15.2 Å². The van der Waals surface area contributed by atoms with Gasteiger partial charge in [0.05, 0.1) is 6.20 Å². The van der Waals surface area contributed by atoms with E-state index in [1.54, 1.807) is 6.20 Å². The minimum atomic E-state index is 0.134. The highest BCUT2D eigenvalue weighted by molar-refractivity contribution is 5.94. The first-order valence-electron chi connectivity index (χ1n) is 8.25. The summed E-state index contributed by atoms with van der Waals surface area (Å²) in [6.45, 7) is 3.96. The molecule has 0 radical (unpaired) electrons. The van der Waals surface area contributed by atoms with Crippen molar-refractivity contribution in [2.45, 2.75) is 19.3 Å². The van der Waals surface area contributed by atoms with Crippen molar-refractivity contribution in [2.75, 3.05) is 26.2 Å². The van der Waals surface area contributed by atoms with E-state index in [0.29, 0.717) is 5.41 Å². The van der Waals surface area contributed by atoms with Gasteiger partial charge in [-0.2, -0.15) is 0 Å². The molecule has 1 amide bonds. The normalized spacial score (nSPS) is 20.1. The molecule has 1 aromatic heterocycles. The van der Waals surface area contributed by atoms with E-state index in [9.17, 15) is 4.79 Å². The predicted molar refractivity (Wildman–Crippen MR) is 87.0 cm³/mol. The lowest BCUT2D eigenvalue weighted by atomic mass is 9.78. The van der Waals surface area contributed by atoms with Crippen LogP contribution in [-0.2, 0) is 0 Å². The Kier molecular flexibility index (Phi) is 3.65. The second-order valence-corrected chi connectivity index (χ2v) is 6.66. The number of nitrogens with zero attached hydrogens (tertiary/aromatic N) is 2. The van der Waals surface area contributed by atoms with E-state index in [1.807, 2.05) is 29.2 Å². The number of aromatic nitrogens is 1. The molecule has 1 N–H and O–H groups in total. The molecule has 0 atom stereocenters. The Balaban J connectivity index is 1.43. The number of amides is 1. The van der Waals surface area contributed by atoms with Crippen molar-refractivity contribution >= 4 is 5.91 Å². The van der Waals surface area contributed by atoms with Crippen molar-refractivity contribution < 1.29 is 9.21 Å². The van der Waals surface area contributed by atoms with Crippen LogP contribution in [0, 0.1) is 5.41 Å². The van der Waals surface area contributed by atoms with Crippen LogP contribution < -0.4 is 5.32 Å². The van der Waals surface area contributed by atoms with Gasteiger partial charge in [0.15, 0.2) is 12.2 Å². The fourth-order valence-electron chi connectivity index (χ4n) is 3.72. The molecular formula is C18H21N3O2. The van der Waals surface area contributed by atoms with E-state index in [-0.39, 0.29) is 5.91 Å². The van der Waals surface area contributed by atoms with Gasteiger partial charge < -0.3 is 14.6 Å². The van der Waals surface area contributed by atoms with E-state index in [2.05, 4.69) is 10.3 Å². The molecule has 2 aliphatic heterocycles. The number of likely N-dealkylation sites (tertiary alicyclic amines) is 1. The first-order valence-corrected chi connectivity index (χ1v) is 8.25. The standard InChI is InChI=1S/C18H21N3O2/c22-17(21-9-6-18(7-10-21)5-8-19-12-18)15-3-1-14(2-4-15)16-11-20-13-23-16/h1-4,11,13,19H,5-10,12H2. The van der Waals surface area contributed by atoms with E-state index >= 15 is 0 Å². The van der Waals surface area contributed by atoms with Crippen LogP contribution in [0.15, 0.2) is 41.3 Å². The number of piperidine rings is 1. The smallest absolute Gasteiger partial charge is 0.253 e. The fourth-order valence-corrected chi connectivity index (χ4v) is 3.72. The van der Waals surface area contributed by atoms with Gasteiger partial charge in [0.25, 0.3) is 5.91 Å². The predicted octanol–water partition coefficient (Wildman–Crippen LogP) is 2.56. The Morgan fingerprint density at radius 1 is 1.17 bits per heavy atom. The highest BCUT2D eigenvalue weighted by Crippen LogP contribution is 2.37. The number of hydrogen-bond donors (Lipinski definition) is 1. The first kappa shape index (κ1) is 14.5. The van der Waals surface area contributed by atoms with Gasteiger partial charge in [0.2, 0.25) is 0 Å². The van der Waals surface area contributed by atoms with Gasteiger partial charge in [-0.15, -0.1) is 0 Å². The minimum Gasteiger partial charge on any atom is -0.444 e. The molecule has 1 aromatic carbocycles. The molecule has 5 heteroatoms. The molecule has 0 bridgehead atoms. The third kappa shape index (κ3) is 2.77. The Bertz CT molecular complexity index is 663. The number of carbonyl (C=O) groups is 1. The van der Waals surface area contributed by atoms with Crippen LogP contribution in [-0.4, -0.2) is 42.0 Å². The monoisotopic (exact) mass is 311 g/mol. The summed E-state index contributed by atoms with van der Waals surface area (Å²) in [5, 5.41) is 3.46. The molecule has 4 rings (SSSR count). The summed E-state index contributed by atoms with van der Waals surface area (Å²) in [7, 11) is 0. The second kappa shape index (κ2) is 5.81. The van der Waals surface area contributed by atoms with Gasteiger partial charge in [-0.25, -0.2) is 4.98 Å². The molecule has 0 unspecified atom stereocenters. The average molecular weight is 311 g/mol. The van der Waals surface area contributed by atoms with Crippen LogP contribution in [0.4, 0.5) is 0 Å². The molecule has 2 fully saturated rings. The topological polar surface area (TPSA) is 58.4 Å². The van der Waals surface area contributed by atoms with E-state index in [0.717, 1.165) is 55.9 Å². The van der Waals surface area contributed by atoms with Crippen LogP contribution in [0.2, 0.25) is 0 Å². The number of carbonyl (C=O) groups excluding carboxylic acids is 1. The van der Waals surface area contributed by atoms with Gasteiger partial charge in [-0.05, 0) is 43.4 Å². The van der Waals surface area contributed by atoms with Crippen LogP contribution in [0.25, 0.3) is 11.3 Å². The lowest BCUT2D eigenvalue weighted by molar-refractivity contribution is 0.0607. The van der Waals surface area contributed by atoms with E-state index < -0.39 is 0 Å². The highest BCUT2D eigenvalue weighted by Gasteiger charge is 2.38. The summed E-state index contributed by atoms with van der Waals surface area (Å²) in [6.07, 6.45) is 6.57. The van der Waals surface area contributed by atoms with E-state index in [4.69, 9.17) is 4.42 Å². The van der Waals surface area contributed by atoms with Crippen LogP contribution >= 0.6 is 0 Å². The Morgan fingerprint density at radius 3 is 2.57 bits per heavy atom. The molecule has 2 aliphatic rings. The molecule has 3 heterocycles. The maximum atomic E-state index is 12.7. The third-order valence-corrected chi connectivity index (χ3v) is 5.29. The summed E-state index contributed by atoms with van der Waals surface area (Å²) in [5.41, 5.74) is 2.12. The maximum Gasteiger partial charge on any atom is 0.253 e. The van der Waals surface area contributed by atoms with E-state index in [1.165, 1.54) is 12.8 Å². The van der Waals surface area contributed by atoms with Gasteiger partial charge in [0.1, 0.15) is 0 Å². The molecule has 1 spiro atoms. The number of oxazole rings is 1. The molecule has 2 saturated heterocycles. The fraction of sp³-hybridized carbons (Fsp3) is 0.444. The molecule has 120 valence electrons. The first-order chi connectivity index (χ1) is 11.3. The van der Waals surface area contributed by atoms with Gasteiger partial charge in [-0.1, -0.05) is 12.1 Å². The summed E-state index contributed by atoms with van der Waals surface area (Å²) in [5.74, 6) is 0.854. The molecule has 0 saturated carbocycles. The van der Waals surface area contributed by atoms with Crippen LogP contribution in [0.3, 0.4) is 0 Å². The summed E-state index contributed by atoms with van der Waals surface area (Å²) < 4.78 is 5.28. The average Bonchev–Trinajstić information content (AvgIpc) is 3.28. The summed E-state index contributed by atoms with van der Waals surface area (Å²) in [4.78, 5) is 18.6. The van der Waals surface area contributed by atoms with Crippen LogP contribution in [0.1, 0.15) is 29.6 Å². The Labute approximate surface area is 135 Å². The van der Waals surface area contributed by atoms with Crippen molar-refractivity contribution in [2.24, 2.45) is 5.41 Å². The molecule has 23 heavy (non-hydrogen) atoms. The SMILES string of the molecule is O=C(c1ccc(-c2cnco2)cc1)N1CCC2(CCNC2)CC1. The molecule has 5 nitrogen and oxygen atoms in total. The number of hydrogen-bond acceptors (Lipinski definition) is 4. The van der Waals surface area contributed by atoms with Gasteiger partial charge in [-0.3, -0.25) is 4.79 Å². The summed E-state index contributed by atoms with van der Waals surface area (Å²) in [6, 6.07) is 7.59. The van der Waals surface area contributed by atoms with Gasteiger partial charge in [0, 0.05) is 30.8 Å². The second-order valence-electron chi connectivity index (χ2n) is 6.66. The lowest BCUT2D eigenvalue weighted by Gasteiger charge is -2.38. The lowest BCUT2D eigenvalue weighted by Crippen LogP contribution is -2.44. The number of benzene rings is 1. The largest absolute Gasteiger partial charge is 0.444 e. The quantitative estimate of drug-likeness (QED) is 0.926. The zero-order valence-corrected chi connectivity index (χ0v) is 13.1. The number of rotatable bonds is 2. The van der Waals surface area contributed by atoms with Crippen LogP contribution in [0.5, 0.6) is 0 Å². The zero-order chi connectivity index (χ0) is 15.7. The third-order valence-electron chi connectivity index (χ3n) is 5.29. The summed E-state index contributed by atoms with van der Waals surface area (Å²) >= 11 is 0. The van der Waals surface area contributed by atoms with Gasteiger partial charge >= 0.3 is 0 Å². The maximum absolute atomic E-state index is 12.7. The number of nitrogens with one attached hydrogen (secondary N) is 1. The van der Waals surface area contributed by atoms with Crippen molar-refractivity contribution in [3.8, 4) is 11.3 Å². The van der Waals surface area contributed by atoms with Crippen molar-refractivity contribution in [1.29, 1.82) is 0 Å². The zero-order valence-electron chi connectivity index (χ0n) is 13.1.